The van der Waals surface area contributed by atoms with Gasteiger partial charge in [0.05, 0.1) is 0 Å². The van der Waals surface area contributed by atoms with E-state index in [0.29, 0.717) is 6.04 Å². The first kappa shape index (κ1) is 16.2. The molecular weight excluding hydrogens is 303 g/mol. The summed E-state index contributed by atoms with van der Waals surface area (Å²) >= 11 is 17.6. The van der Waals surface area contributed by atoms with Gasteiger partial charge in [-0.2, -0.15) is 0 Å². The lowest BCUT2D eigenvalue weighted by Gasteiger charge is -2.32. The maximum Gasteiger partial charge on any atom is 0.341 e. The van der Waals surface area contributed by atoms with Crippen molar-refractivity contribution >= 4 is 55.9 Å². The third-order valence-electron chi connectivity index (χ3n) is 2.04. The average Bonchev–Trinajstić information content (AvgIpc) is 1.98. The molecule has 90 valence electrons. The summed E-state index contributed by atoms with van der Waals surface area (Å²) in [5.74, 6) is 0. The second-order valence-electron chi connectivity index (χ2n) is 4.78. The zero-order valence-electron chi connectivity index (χ0n) is 9.74. The Labute approximate surface area is 110 Å². The Bertz CT molecular complexity index is 226. The monoisotopic (exact) mass is 320 g/mol. The second-order valence-corrected chi connectivity index (χ2v) is 22.5. The first-order valence-electron chi connectivity index (χ1n) is 4.88. The normalized spacial score (nSPS) is 14.1. The highest BCUT2D eigenvalue weighted by molar-refractivity contribution is 7.64. The van der Waals surface area contributed by atoms with Crippen molar-refractivity contribution in [1.82, 2.24) is 0 Å². The van der Waals surface area contributed by atoms with Crippen molar-refractivity contribution in [2.24, 2.45) is 0 Å². The summed E-state index contributed by atoms with van der Waals surface area (Å²) in [6, 6.07) is -0.882. The molecule has 0 N–H and O–H groups in total. The van der Waals surface area contributed by atoms with E-state index < -0.39 is 22.6 Å². The molecule has 0 aliphatic heterocycles. The van der Waals surface area contributed by atoms with Crippen molar-refractivity contribution in [3.05, 3.63) is 12.3 Å². The van der Waals surface area contributed by atoms with Gasteiger partial charge < -0.3 is 4.12 Å². The Hall–Kier alpha value is 1.22. The minimum atomic E-state index is -2.49. The smallest absolute Gasteiger partial charge is 0.341 e. The van der Waals surface area contributed by atoms with Crippen LogP contribution in [0.1, 0.15) is 0 Å². The molecule has 0 saturated heterocycles. The SMILES string of the molecule is C=C[Si](C)(C)O[Si](C)(C)CC[Si](Cl)(Cl)Cl. The van der Waals surface area contributed by atoms with Gasteiger partial charge in [-0.15, -0.1) is 39.8 Å². The van der Waals surface area contributed by atoms with Crippen molar-refractivity contribution in [2.45, 2.75) is 38.3 Å². The minimum absolute atomic E-state index is 0.693. The molecule has 0 fully saturated rings. The summed E-state index contributed by atoms with van der Waals surface area (Å²) in [7, 11) is -3.39. The van der Waals surface area contributed by atoms with E-state index in [1.807, 2.05) is 5.70 Å². The fourth-order valence-electron chi connectivity index (χ4n) is 1.25. The molecule has 0 aromatic carbocycles. The van der Waals surface area contributed by atoms with Crippen LogP contribution >= 0.6 is 33.2 Å². The van der Waals surface area contributed by atoms with Crippen molar-refractivity contribution in [2.75, 3.05) is 0 Å². The van der Waals surface area contributed by atoms with Gasteiger partial charge in [0.15, 0.2) is 16.6 Å². The van der Waals surface area contributed by atoms with E-state index in [2.05, 4.69) is 32.8 Å². The van der Waals surface area contributed by atoms with E-state index in [1.54, 1.807) is 0 Å². The van der Waals surface area contributed by atoms with Crippen LogP contribution in [-0.4, -0.2) is 22.6 Å². The fourth-order valence-corrected chi connectivity index (χ4v) is 13.8. The molecule has 0 unspecified atom stereocenters. The van der Waals surface area contributed by atoms with Gasteiger partial charge in [-0.25, -0.2) is 0 Å². The van der Waals surface area contributed by atoms with Crippen LogP contribution in [0, 0.1) is 0 Å². The predicted molar refractivity (Wildman–Crippen MR) is 79.2 cm³/mol. The minimum Gasteiger partial charge on any atom is -0.453 e. The molecule has 0 atom stereocenters. The van der Waals surface area contributed by atoms with Gasteiger partial charge >= 0.3 is 6.00 Å². The standard InChI is InChI=1S/C8H19Cl3OSi3/c1-6-13(2,3)12-14(4,5)7-8-15(9,10)11/h6H,1,7-8H2,2-5H3. The number of hydrogen-bond donors (Lipinski definition) is 0. The van der Waals surface area contributed by atoms with Gasteiger partial charge in [0.1, 0.15) is 0 Å². The van der Waals surface area contributed by atoms with Crippen molar-refractivity contribution in [3.63, 3.8) is 0 Å². The van der Waals surface area contributed by atoms with Crippen LogP contribution in [0.25, 0.3) is 0 Å². The molecule has 0 aliphatic carbocycles. The summed E-state index contributed by atoms with van der Waals surface area (Å²) in [5, 5.41) is 0. The molecule has 0 saturated carbocycles. The maximum absolute atomic E-state index is 6.18. The fraction of sp³-hybridized carbons (Fsp3) is 0.750. The van der Waals surface area contributed by atoms with Crippen LogP contribution in [0.5, 0.6) is 0 Å². The van der Waals surface area contributed by atoms with E-state index in [-0.39, 0.29) is 0 Å². The molecule has 0 aromatic heterocycles. The Balaban J connectivity index is 4.25. The maximum atomic E-state index is 6.18. The van der Waals surface area contributed by atoms with Crippen LogP contribution in [0.4, 0.5) is 0 Å². The molecule has 0 aliphatic rings. The zero-order chi connectivity index (χ0) is 12.3. The number of halogens is 3. The molecular formula is C8H19Cl3OSi3. The topological polar surface area (TPSA) is 9.23 Å². The molecule has 7 heteroatoms. The lowest BCUT2D eigenvalue weighted by molar-refractivity contribution is 0.556. The van der Waals surface area contributed by atoms with Crippen LogP contribution in [0.3, 0.4) is 0 Å². The van der Waals surface area contributed by atoms with Gasteiger partial charge in [-0.05, 0) is 38.3 Å². The lowest BCUT2D eigenvalue weighted by atomic mass is 10.9. The third-order valence-corrected chi connectivity index (χ3v) is 11.8. The van der Waals surface area contributed by atoms with Crippen molar-refractivity contribution < 1.29 is 4.12 Å². The molecule has 1 nitrogen and oxygen atoms in total. The zero-order valence-corrected chi connectivity index (χ0v) is 15.0. The highest BCUT2D eigenvalue weighted by Crippen LogP contribution is 2.31. The molecule has 0 heterocycles. The van der Waals surface area contributed by atoms with Crippen LogP contribution < -0.4 is 0 Å². The first-order valence-corrected chi connectivity index (χ1v) is 16.2. The molecule has 0 amide bonds. The van der Waals surface area contributed by atoms with Gasteiger partial charge in [0.25, 0.3) is 0 Å². The quantitative estimate of drug-likeness (QED) is 0.504. The van der Waals surface area contributed by atoms with E-state index in [0.717, 1.165) is 6.04 Å². The third kappa shape index (κ3) is 8.97. The molecule has 0 radical (unpaired) electrons. The summed E-state index contributed by atoms with van der Waals surface area (Å²) in [6.07, 6.45) is 0. The lowest BCUT2D eigenvalue weighted by Crippen LogP contribution is -2.43. The molecule has 0 bridgehead atoms. The summed E-state index contributed by atoms with van der Waals surface area (Å²) < 4.78 is 6.18. The summed E-state index contributed by atoms with van der Waals surface area (Å²) in [4.78, 5) is 0. The Morgan fingerprint density at radius 1 is 1.07 bits per heavy atom. The first-order chi connectivity index (χ1) is 6.47. The van der Waals surface area contributed by atoms with Crippen LogP contribution in [0.2, 0.25) is 38.3 Å². The predicted octanol–water partition coefficient (Wildman–Crippen LogP) is 4.79. The molecule has 0 rings (SSSR count). The summed E-state index contributed by atoms with van der Waals surface area (Å²) in [5.41, 5.74) is 1.95. The number of rotatable bonds is 6. The molecule has 0 aromatic rings. The highest BCUT2D eigenvalue weighted by atomic mass is 35.8. The van der Waals surface area contributed by atoms with Crippen molar-refractivity contribution in [1.29, 1.82) is 0 Å². The highest BCUT2D eigenvalue weighted by Gasteiger charge is 2.34. The Kier molecular flexibility index (Phi) is 6.17. The van der Waals surface area contributed by atoms with E-state index in [4.69, 9.17) is 37.4 Å². The van der Waals surface area contributed by atoms with E-state index >= 15 is 0 Å². The van der Waals surface area contributed by atoms with Gasteiger partial charge in [0, 0.05) is 0 Å². The van der Waals surface area contributed by atoms with E-state index in [9.17, 15) is 0 Å². The van der Waals surface area contributed by atoms with Gasteiger partial charge in [-0.3, -0.25) is 0 Å². The molecule has 15 heavy (non-hydrogen) atoms. The largest absolute Gasteiger partial charge is 0.453 e. The Morgan fingerprint density at radius 3 is 1.87 bits per heavy atom. The molecule has 0 spiro atoms. The van der Waals surface area contributed by atoms with Gasteiger partial charge in [-0.1, -0.05) is 5.70 Å². The van der Waals surface area contributed by atoms with Crippen molar-refractivity contribution in [3.8, 4) is 0 Å². The van der Waals surface area contributed by atoms with Crippen LogP contribution in [0.15, 0.2) is 12.3 Å². The number of hydrogen-bond acceptors (Lipinski definition) is 1. The van der Waals surface area contributed by atoms with Gasteiger partial charge in [0.2, 0.25) is 0 Å². The van der Waals surface area contributed by atoms with E-state index in [1.165, 1.54) is 0 Å². The second kappa shape index (κ2) is 5.71. The average molecular weight is 322 g/mol. The Morgan fingerprint density at radius 2 is 1.53 bits per heavy atom. The van der Waals surface area contributed by atoms with Crippen LogP contribution in [-0.2, 0) is 4.12 Å². The summed E-state index contributed by atoms with van der Waals surface area (Å²) in [6.45, 7) is 12.4.